The molecule has 0 aromatic heterocycles. The van der Waals surface area contributed by atoms with Gasteiger partial charge in [0, 0.05) is 5.54 Å². The van der Waals surface area contributed by atoms with E-state index in [2.05, 4.69) is 5.32 Å². The van der Waals surface area contributed by atoms with Crippen LogP contribution in [0.2, 0.25) is 6.32 Å². The summed E-state index contributed by atoms with van der Waals surface area (Å²) >= 11 is 0. The van der Waals surface area contributed by atoms with E-state index in [0.717, 1.165) is 0 Å². The molecule has 0 aliphatic heterocycles. The van der Waals surface area contributed by atoms with Gasteiger partial charge in [-0.15, -0.1) is 0 Å². The molecule has 8 heteroatoms. The van der Waals surface area contributed by atoms with E-state index in [4.69, 9.17) is 4.74 Å². The van der Waals surface area contributed by atoms with Gasteiger partial charge in [0.1, 0.15) is 5.60 Å². The number of carbonyl (C=O) groups is 1. The van der Waals surface area contributed by atoms with E-state index in [1.54, 1.807) is 34.6 Å². The van der Waals surface area contributed by atoms with Crippen LogP contribution in [-0.4, -0.2) is 24.2 Å². The first-order chi connectivity index (χ1) is 7.31. The number of alkyl carbamates (subject to hydrolysis) is 1. The molecule has 18 heavy (non-hydrogen) atoms. The Bertz CT molecular complexity index is 277. The molecule has 0 unspecified atom stereocenters. The number of amides is 1. The summed E-state index contributed by atoms with van der Waals surface area (Å²) in [5.41, 5.74) is -1.59. The van der Waals surface area contributed by atoms with Gasteiger partial charge < -0.3 is 23.0 Å². The quantitative estimate of drug-likeness (QED) is 0.768. The fourth-order valence-electron chi connectivity index (χ4n) is 1.17. The van der Waals surface area contributed by atoms with Gasteiger partial charge in [-0.2, -0.15) is 0 Å². The molecular formula is C10H20BF3KNO2. The summed E-state index contributed by atoms with van der Waals surface area (Å²) in [6.07, 6.45) is -1.73. The van der Waals surface area contributed by atoms with Crippen molar-refractivity contribution in [2.75, 3.05) is 0 Å². The molecule has 0 aromatic carbocycles. The molecule has 1 N–H and O–H groups in total. The molecule has 0 aromatic rings. The Morgan fingerprint density at radius 2 is 1.61 bits per heavy atom. The Balaban J connectivity index is 0. The Kier molecular flexibility index (Phi) is 8.80. The van der Waals surface area contributed by atoms with Crippen molar-refractivity contribution in [3.05, 3.63) is 0 Å². The van der Waals surface area contributed by atoms with E-state index in [1.165, 1.54) is 0 Å². The number of nitrogens with one attached hydrogen (secondary N) is 1. The van der Waals surface area contributed by atoms with E-state index in [-0.39, 0.29) is 57.8 Å². The van der Waals surface area contributed by atoms with Gasteiger partial charge in [-0.25, -0.2) is 4.79 Å². The minimum Gasteiger partial charge on any atom is -0.449 e. The van der Waals surface area contributed by atoms with Crippen LogP contribution in [-0.2, 0) is 4.74 Å². The third-order valence-corrected chi connectivity index (χ3v) is 1.94. The third-order valence-electron chi connectivity index (χ3n) is 1.94. The first-order valence-corrected chi connectivity index (χ1v) is 5.53. The third kappa shape index (κ3) is 13.2. The maximum Gasteiger partial charge on any atom is 1.00 e. The van der Waals surface area contributed by atoms with E-state index in [1.807, 2.05) is 0 Å². The molecular weight excluding hydrogens is 273 g/mol. The van der Waals surface area contributed by atoms with Gasteiger partial charge in [-0.3, -0.25) is 0 Å². The Labute approximate surface area is 149 Å². The van der Waals surface area contributed by atoms with Crippen molar-refractivity contribution >= 4 is 13.1 Å². The van der Waals surface area contributed by atoms with Crippen molar-refractivity contribution in [3.63, 3.8) is 0 Å². The zero-order valence-corrected chi connectivity index (χ0v) is 15.1. The van der Waals surface area contributed by atoms with Crippen LogP contribution in [0.4, 0.5) is 17.7 Å². The van der Waals surface area contributed by atoms with Crippen LogP contribution >= 0.6 is 0 Å². The topological polar surface area (TPSA) is 38.3 Å². The van der Waals surface area contributed by atoms with Crippen LogP contribution in [0.15, 0.2) is 0 Å². The van der Waals surface area contributed by atoms with Gasteiger partial charge in [-0.05, 0) is 34.6 Å². The van der Waals surface area contributed by atoms with Crippen LogP contribution in [0.25, 0.3) is 0 Å². The molecule has 0 bridgehead atoms. The summed E-state index contributed by atoms with van der Waals surface area (Å²) in [5.74, 6) is 0. The average molecular weight is 293 g/mol. The summed E-state index contributed by atoms with van der Waals surface area (Å²) in [7, 11) is 0. The van der Waals surface area contributed by atoms with Gasteiger partial charge in [-0.1, -0.05) is 12.7 Å². The first-order valence-electron chi connectivity index (χ1n) is 5.53. The summed E-state index contributed by atoms with van der Waals surface area (Å²) in [5, 5.41) is 2.43. The van der Waals surface area contributed by atoms with Crippen LogP contribution in [0.1, 0.15) is 41.0 Å². The number of ether oxygens (including phenoxy) is 1. The SMILES string of the molecule is CC(C)(CC[B-](F)(F)F)NC(=O)OC(C)(C)C.[K+]. The Morgan fingerprint density at radius 1 is 1.17 bits per heavy atom. The van der Waals surface area contributed by atoms with Gasteiger partial charge in [0.15, 0.2) is 0 Å². The van der Waals surface area contributed by atoms with Crippen molar-refractivity contribution < 1.29 is 73.9 Å². The minimum atomic E-state index is -4.82. The Morgan fingerprint density at radius 3 is 1.94 bits per heavy atom. The van der Waals surface area contributed by atoms with Gasteiger partial charge in [0.2, 0.25) is 0 Å². The number of hydrogen-bond donors (Lipinski definition) is 1. The summed E-state index contributed by atoms with van der Waals surface area (Å²) in [4.78, 5) is 11.4. The van der Waals surface area contributed by atoms with E-state index in [9.17, 15) is 17.7 Å². The molecule has 0 atom stereocenters. The smallest absolute Gasteiger partial charge is 0.449 e. The molecule has 1 amide bonds. The number of halogens is 3. The van der Waals surface area contributed by atoms with Crippen molar-refractivity contribution in [2.24, 2.45) is 0 Å². The molecule has 0 spiro atoms. The van der Waals surface area contributed by atoms with Crippen molar-refractivity contribution in [2.45, 2.75) is 58.5 Å². The minimum absolute atomic E-state index is 0. The zero-order chi connectivity index (χ0) is 13.9. The van der Waals surface area contributed by atoms with Crippen molar-refractivity contribution in [1.82, 2.24) is 5.32 Å². The maximum atomic E-state index is 12.1. The summed E-state index contributed by atoms with van der Waals surface area (Å²) < 4.78 is 41.3. The molecule has 0 saturated carbocycles. The molecule has 102 valence electrons. The fourth-order valence-corrected chi connectivity index (χ4v) is 1.17. The predicted molar refractivity (Wildman–Crippen MR) is 62.0 cm³/mol. The Hall–Kier alpha value is 0.761. The van der Waals surface area contributed by atoms with E-state index in [0.29, 0.717) is 0 Å². The first kappa shape index (κ1) is 21.1. The van der Waals surface area contributed by atoms with Crippen LogP contribution in [0, 0.1) is 0 Å². The van der Waals surface area contributed by atoms with Crippen LogP contribution < -0.4 is 56.7 Å². The van der Waals surface area contributed by atoms with Crippen LogP contribution in [0.3, 0.4) is 0 Å². The largest absolute Gasteiger partial charge is 1.00 e. The molecule has 0 rings (SSSR count). The molecule has 0 aliphatic carbocycles. The molecule has 3 nitrogen and oxygen atoms in total. The molecule has 0 aliphatic rings. The summed E-state index contributed by atoms with van der Waals surface area (Å²) in [6.45, 7) is 3.34. The summed E-state index contributed by atoms with van der Waals surface area (Å²) in [6, 6.07) is 0. The monoisotopic (exact) mass is 293 g/mol. The molecule has 0 radical (unpaired) electrons. The number of carbonyl (C=O) groups excluding carboxylic acids is 1. The predicted octanol–water partition coefficient (Wildman–Crippen LogP) is 0.531. The van der Waals surface area contributed by atoms with E-state index < -0.39 is 30.5 Å². The standard InChI is InChI=1S/C10H20BF3NO2.K/c1-9(2,3)17-8(16)15-10(4,5)6-7-11(12,13)14;/h6-7H2,1-5H3,(H,15,16);/q-1;+1. The molecule has 0 heterocycles. The van der Waals surface area contributed by atoms with Gasteiger partial charge in [0.05, 0.1) is 0 Å². The fraction of sp³-hybridized carbons (Fsp3) is 0.900. The second-order valence-corrected chi connectivity index (χ2v) is 5.76. The van der Waals surface area contributed by atoms with E-state index >= 15 is 0 Å². The number of hydrogen-bond acceptors (Lipinski definition) is 2. The number of rotatable bonds is 4. The molecule has 0 saturated heterocycles. The van der Waals surface area contributed by atoms with Crippen molar-refractivity contribution in [1.29, 1.82) is 0 Å². The van der Waals surface area contributed by atoms with Crippen LogP contribution in [0.5, 0.6) is 0 Å². The van der Waals surface area contributed by atoms with Crippen molar-refractivity contribution in [3.8, 4) is 0 Å². The normalized spacial score (nSPS) is 12.7. The zero-order valence-electron chi connectivity index (χ0n) is 11.9. The molecule has 0 fully saturated rings. The maximum absolute atomic E-state index is 12.1. The van der Waals surface area contributed by atoms with Gasteiger partial charge >= 0.3 is 64.5 Å². The second kappa shape index (κ2) is 7.52. The average Bonchev–Trinajstić information content (AvgIpc) is 1.94. The second-order valence-electron chi connectivity index (χ2n) is 5.76. The van der Waals surface area contributed by atoms with Gasteiger partial charge in [0.25, 0.3) is 0 Å².